The van der Waals surface area contributed by atoms with Crippen molar-refractivity contribution in [3.63, 3.8) is 0 Å². The molecule has 2 aromatic heterocycles. The lowest BCUT2D eigenvalue weighted by molar-refractivity contribution is 0.121. The molecule has 0 N–H and O–H groups in total. The maximum absolute atomic E-state index is 5.82. The van der Waals surface area contributed by atoms with Gasteiger partial charge in [0, 0.05) is 47.0 Å². The fourth-order valence-electron chi connectivity index (χ4n) is 3.29. The Labute approximate surface area is 146 Å². The minimum absolute atomic E-state index is 0.483. The Morgan fingerprint density at radius 2 is 2.21 bits per heavy atom. The SMILES string of the molecule is c1ccc2sc(CN3CCOCC(Cc4ccncn4)C3)cc2c1. The van der Waals surface area contributed by atoms with Crippen molar-refractivity contribution < 1.29 is 4.74 Å². The Morgan fingerprint density at radius 3 is 3.08 bits per heavy atom. The van der Waals surface area contributed by atoms with E-state index in [4.69, 9.17) is 4.74 Å². The van der Waals surface area contributed by atoms with E-state index in [9.17, 15) is 0 Å². The largest absolute Gasteiger partial charge is 0.380 e. The summed E-state index contributed by atoms with van der Waals surface area (Å²) in [6.45, 7) is 4.67. The van der Waals surface area contributed by atoms with Crippen molar-refractivity contribution in [1.29, 1.82) is 0 Å². The van der Waals surface area contributed by atoms with Gasteiger partial charge in [0.25, 0.3) is 0 Å². The maximum Gasteiger partial charge on any atom is 0.115 e. The van der Waals surface area contributed by atoms with E-state index in [-0.39, 0.29) is 0 Å². The highest BCUT2D eigenvalue weighted by Crippen LogP contribution is 2.27. The fraction of sp³-hybridized carbons (Fsp3) is 0.368. The van der Waals surface area contributed by atoms with Gasteiger partial charge < -0.3 is 4.74 Å². The first-order valence-electron chi connectivity index (χ1n) is 8.39. The summed E-state index contributed by atoms with van der Waals surface area (Å²) in [6, 6.07) is 12.9. The van der Waals surface area contributed by atoms with E-state index in [2.05, 4.69) is 45.2 Å². The van der Waals surface area contributed by atoms with Crippen molar-refractivity contribution in [2.45, 2.75) is 13.0 Å². The molecule has 0 aliphatic carbocycles. The highest BCUT2D eigenvalue weighted by molar-refractivity contribution is 7.19. The van der Waals surface area contributed by atoms with Crippen molar-refractivity contribution in [3.8, 4) is 0 Å². The molecule has 0 saturated carbocycles. The summed E-state index contributed by atoms with van der Waals surface area (Å²) in [6.07, 6.45) is 4.39. The van der Waals surface area contributed by atoms with E-state index < -0.39 is 0 Å². The van der Waals surface area contributed by atoms with Crippen molar-refractivity contribution in [2.24, 2.45) is 5.92 Å². The molecule has 124 valence electrons. The zero-order valence-corrected chi connectivity index (χ0v) is 14.4. The van der Waals surface area contributed by atoms with Crippen LogP contribution in [0, 0.1) is 5.92 Å². The second-order valence-electron chi connectivity index (χ2n) is 6.33. The average Bonchev–Trinajstić information content (AvgIpc) is 2.88. The van der Waals surface area contributed by atoms with Crippen molar-refractivity contribution >= 4 is 21.4 Å². The molecule has 1 aliphatic heterocycles. The van der Waals surface area contributed by atoms with Crippen molar-refractivity contribution in [2.75, 3.05) is 26.3 Å². The van der Waals surface area contributed by atoms with E-state index >= 15 is 0 Å². The van der Waals surface area contributed by atoms with Crippen LogP contribution in [-0.4, -0.2) is 41.2 Å². The number of ether oxygens (including phenoxy) is 1. The van der Waals surface area contributed by atoms with Gasteiger partial charge in [-0.1, -0.05) is 18.2 Å². The molecule has 0 amide bonds. The number of hydrogen-bond donors (Lipinski definition) is 0. The van der Waals surface area contributed by atoms with Gasteiger partial charge in [-0.05, 0) is 30.0 Å². The van der Waals surface area contributed by atoms with Gasteiger partial charge in [0.1, 0.15) is 6.33 Å². The summed E-state index contributed by atoms with van der Waals surface area (Å²) in [5, 5.41) is 1.35. The lowest BCUT2D eigenvalue weighted by Crippen LogP contribution is -2.30. The zero-order chi connectivity index (χ0) is 16.2. The average molecular weight is 339 g/mol. The van der Waals surface area contributed by atoms with E-state index in [1.165, 1.54) is 15.0 Å². The van der Waals surface area contributed by atoms with Gasteiger partial charge in [-0.15, -0.1) is 11.3 Å². The zero-order valence-electron chi connectivity index (χ0n) is 13.6. The molecule has 0 bridgehead atoms. The Balaban J connectivity index is 1.44. The third-order valence-electron chi connectivity index (χ3n) is 4.42. The first kappa shape index (κ1) is 15.7. The Morgan fingerprint density at radius 1 is 1.25 bits per heavy atom. The first-order valence-corrected chi connectivity index (χ1v) is 9.21. The summed E-state index contributed by atoms with van der Waals surface area (Å²) >= 11 is 1.90. The standard InChI is InChI=1S/C19H21N3OS/c1-2-4-19-16(3-1)10-18(24-19)12-22-7-8-23-13-15(11-22)9-17-5-6-20-14-21-17/h1-6,10,14-15H,7-9,11-13H2. The number of hydrogen-bond acceptors (Lipinski definition) is 5. The summed E-state index contributed by atoms with van der Waals surface area (Å²) in [7, 11) is 0. The molecule has 4 nitrogen and oxygen atoms in total. The topological polar surface area (TPSA) is 38.2 Å². The van der Waals surface area contributed by atoms with Crippen LogP contribution in [0.2, 0.25) is 0 Å². The number of nitrogens with zero attached hydrogens (tertiary/aromatic N) is 3. The van der Waals surface area contributed by atoms with Gasteiger partial charge in [-0.3, -0.25) is 4.90 Å². The third kappa shape index (κ3) is 3.80. The summed E-state index contributed by atoms with van der Waals surface area (Å²) < 4.78 is 7.20. The lowest BCUT2D eigenvalue weighted by atomic mass is 10.0. The predicted molar refractivity (Wildman–Crippen MR) is 97.1 cm³/mol. The molecular weight excluding hydrogens is 318 g/mol. The van der Waals surface area contributed by atoms with Gasteiger partial charge in [-0.2, -0.15) is 0 Å². The summed E-state index contributed by atoms with van der Waals surface area (Å²) in [5.74, 6) is 0.483. The van der Waals surface area contributed by atoms with Gasteiger partial charge in [0.15, 0.2) is 0 Å². The Hall–Kier alpha value is -1.82. The highest BCUT2D eigenvalue weighted by atomic mass is 32.1. The van der Waals surface area contributed by atoms with Gasteiger partial charge in [0.2, 0.25) is 0 Å². The Kier molecular flexibility index (Phi) is 4.83. The van der Waals surface area contributed by atoms with E-state index in [0.717, 1.165) is 45.0 Å². The van der Waals surface area contributed by atoms with Crippen LogP contribution < -0.4 is 0 Å². The van der Waals surface area contributed by atoms with Crippen LogP contribution in [-0.2, 0) is 17.7 Å². The molecule has 4 rings (SSSR count). The quantitative estimate of drug-likeness (QED) is 0.730. The molecule has 1 unspecified atom stereocenters. The predicted octanol–water partition coefficient (Wildman–Crippen LogP) is 3.38. The summed E-state index contributed by atoms with van der Waals surface area (Å²) in [4.78, 5) is 12.3. The van der Waals surface area contributed by atoms with Crippen LogP contribution in [0.3, 0.4) is 0 Å². The Bertz CT molecular complexity index is 756. The minimum atomic E-state index is 0.483. The van der Waals surface area contributed by atoms with Crippen LogP contribution >= 0.6 is 11.3 Å². The molecule has 1 fully saturated rings. The molecule has 1 aliphatic rings. The van der Waals surface area contributed by atoms with E-state index in [0.29, 0.717) is 5.92 Å². The van der Waals surface area contributed by atoms with Crippen LogP contribution in [0.25, 0.3) is 10.1 Å². The molecule has 24 heavy (non-hydrogen) atoms. The molecule has 3 heterocycles. The number of benzene rings is 1. The maximum atomic E-state index is 5.82. The first-order chi connectivity index (χ1) is 11.9. The number of rotatable bonds is 4. The lowest BCUT2D eigenvalue weighted by Gasteiger charge is -2.22. The van der Waals surface area contributed by atoms with Crippen LogP contribution in [0.1, 0.15) is 10.6 Å². The van der Waals surface area contributed by atoms with E-state index in [1.807, 2.05) is 23.6 Å². The second kappa shape index (κ2) is 7.38. The smallest absolute Gasteiger partial charge is 0.115 e. The normalized spacial score (nSPS) is 19.4. The molecule has 1 atom stereocenters. The van der Waals surface area contributed by atoms with Gasteiger partial charge in [-0.25, -0.2) is 9.97 Å². The molecule has 3 aromatic rings. The number of aromatic nitrogens is 2. The molecule has 5 heteroatoms. The number of fused-ring (bicyclic) bond motifs is 1. The monoisotopic (exact) mass is 339 g/mol. The second-order valence-corrected chi connectivity index (χ2v) is 7.50. The molecule has 1 saturated heterocycles. The van der Waals surface area contributed by atoms with Crippen molar-refractivity contribution in [1.82, 2.24) is 14.9 Å². The minimum Gasteiger partial charge on any atom is -0.380 e. The summed E-state index contributed by atoms with van der Waals surface area (Å²) in [5.41, 5.74) is 1.10. The van der Waals surface area contributed by atoms with Crippen LogP contribution in [0.15, 0.2) is 48.9 Å². The van der Waals surface area contributed by atoms with Gasteiger partial charge >= 0.3 is 0 Å². The van der Waals surface area contributed by atoms with Crippen LogP contribution in [0.4, 0.5) is 0 Å². The van der Waals surface area contributed by atoms with Crippen LogP contribution in [0.5, 0.6) is 0 Å². The van der Waals surface area contributed by atoms with E-state index in [1.54, 1.807) is 6.33 Å². The highest BCUT2D eigenvalue weighted by Gasteiger charge is 2.20. The number of thiophene rings is 1. The third-order valence-corrected chi connectivity index (χ3v) is 5.52. The fourth-order valence-corrected chi connectivity index (χ4v) is 4.40. The molecular formula is C19H21N3OS. The van der Waals surface area contributed by atoms with Gasteiger partial charge in [0.05, 0.1) is 13.2 Å². The molecule has 0 spiro atoms. The molecule has 0 radical (unpaired) electrons. The molecule has 1 aromatic carbocycles. The van der Waals surface area contributed by atoms with Crippen molar-refractivity contribution in [3.05, 3.63) is 59.5 Å².